The van der Waals surface area contributed by atoms with Crippen molar-refractivity contribution in [1.82, 2.24) is 15.2 Å². The van der Waals surface area contributed by atoms with Crippen molar-refractivity contribution in [2.24, 2.45) is 11.1 Å². The Hall–Kier alpha value is -3.43. The van der Waals surface area contributed by atoms with E-state index in [4.69, 9.17) is 33.7 Å². The van der Waals surface area contributed by atoms with Gasteiger partial charge in [0.1, 0.15) is 17.0 Å². The Labute approximate surface area is 209 Å². The van der Waals surface area contributed by atoms with E-state index in [0.29, 0.717) is 35.3 Å². The maximum atomic E-state index is 13.6. The molecule has 11 heteroatoms. The first-order chi connectivity index (χ1) is 16.6. The van der Waals surface area contributed by atoms with Gasteiger partial charge in [0, 0.05) is 17.6 Å². The number of halogens is 3. The van der Waals surface area contributed by atoms with Crippen LogP contribution in [0.2, 0.25) is 0 Å². The highest BCUT2D eigenvalue weighted by Crippen LogP contribution is 2.49. The summed E-state index contributed by atoms with van der Waals surface area (Å²) < 4.78 is 19.7. The normalized spacial score (nSPS) is 22.5. The molecule has 2 unspecified atom stereocenters. The Morgan fingerprint density at radius 2 is 1.97 bits per heavy atom. The van der Waals surface area contributed by atoms with Gasteiger partial charge in [0.25, 0.3) is 0 Å². The number of carbonyl (C=O) groups excluding carboxylic acids is 2. The van der Waals surface area contributed by atoms with E-state index >= 15 is 0 Å². The summed E-state index contributed by atoms with van der Waals surface area (Å²) in [6, 6.07) is 6.29. The molecule has 2 aliphatic rings. The molecule has 3 aromatic rings. The molecule has 35 heavy (non-hydrogen) atoms. The molecule has 0 saturated heterocycles. The van der Waals surface area contributed by atoms with Crippen LogP contribution in [-0.4, -0.2) is 38.1 Å². The van der Waals surface area contributed by atoms with Crippen molar-refractivity contribution in [3.05, 3.63) is 71.3 Å². The van der Waals surface area contributed by atoms with Crippen LogP contribution in [0.5, 0.6) is 5.75 Å². The number of amides is 2. The van der Waals surface area contributed by atoms with E-state index < -0.39 is 34.1 Å². The minimum absolute atomic E-state index is 0.0987. The predicted molar refractivity (Wildman–Crippen MR) is 129 cm³/mol. The number of nitrogens with one attached hydrogen (secondary N) is 1. The fourth-order valence-corrected chi connectivity index (χ4v) is 4.57. The lowest BCUT2D eigenvalue weighted by Gasteiger charge is -2.35. The number of alkyl halides is 1. The van der Waals surface area contributed by atoms with Crippen LogP contribution < -0.4 is 15.4 Å². The number of H-pyrrole nitrogens is 1. The Balaban J connectivity index is 1.49. The highest BCUT2D eigenvalue weighted by molar-refractivity contribution is 6.40. The van der Waals surface area contributed by atoms with E-state index in [0.717, 1.165) is 5.69 Å². The number of hydrogen-bond donors (Lipinski definition) is 2. The fourth-order valence-electron chi connectivity index (χ4n) is 4.12. The van der Waals surface area contributed by atoms with Crippen LogP contribution in [0.1, 0.15) is 18.5 Å². The zero-order chi connectivity index (χ0) is 25.0. The second-order valence-corrected chi connectivity index (χ2v) is 9.53. The molecule has 2 heterocycles. The molecular weight excluding hydrogens is 496 g/mol. The number of fused-ring (bicyclic) bond motifs is 1. The number of aromatic nitrogens is 3. The first-order valence-electron chi connectivity index (χ1n) is 10.8. The van der Waals surface area contributed by atoms with Crippen LogP contribution >= 0.6 is 23.2 Å². The second kappa shape index (κ2) is 8.35. The molecule has 0 bridgehead atoms. The molecule has 2 aromatic heterocycles. The van der Waals surface area contributed by atoms with Gasteiger partial charge in [0.15, 0.2) is 5.65 Å². The molecule has 2 atom stereocenters. The summed E-state index contributed by atoms with van der Waals surface area (Å²) in [5.74, 6) is -1.23. The van der Waals surface area contributed by atoms with Gasteiger partial charge in [-0.1, -0.05) is 29.3 Å². The number of anilines is 1. The van der Waals surface area contributed by atoms with E-state index in [1.165, 1.54) is 35.2 Å². The third kappa shape index (κ3) is 3.94. The maximum absolute atomic E-state index is 13.6. The summed E-state index contributed by atoms with van der Waals surface area (Å²) in [6.07, 6.45) is 6.94. The summed E-state index contributed by atoms with van der Waals surface area (Å²) in [6.45, 7) is 1.83. The van der Waals surface area contributed by atoms with E-state index in [9.17, 15) is 14.0 Å². The van der Waals surface area contributed by atoms with Crippen molar-refractivity contribution < 1.29 is 18.7 Å². The standard InChI is InChI=1S/C24H20Cl2FN5O3/c1-13-19-17(7-11-29-20(19)31-30-13)35-24(26)8-6-16(12-18(24)25)32(15-4-2-14(27)3-5-15)22(34)23(9-10-23)21(28)33/h2-8,11-12,16H,9-10H2,1H3,(H2,28,33)(H,29,30,31). The van der Waals surface area contributed by atoms with Crippen molar-refractivity contribution in [3.63, 3.8) is 0 Å². The fraction of sp³-hybridized carbons (Fsp3) is 0.250. The largest absolute Gasteiger partial charge is 0.462 e. The van der Waals surface area contributed by atoms with E-state index in [-0.39, 0.29) is 5.03 Å². The van der Waals surface area contributed by atoms with Crippen molar-refractivity contribution in [2.75, 3.05) is 4.90 Å². The number of rotatable bonds is 6. The third-order valence-electron chi connectivity index (χ3n) is 6.26. The van der Waals surface area contributed by atoms with Gasteiger partial charge in [-0.15, -0.1) is 0 Å². The summed E-state index contributed by atoms with van der Waals surface area (Å²) in [7, 11) is 0. The van der Waals surface area contributed by atoms with Crippen LogP contribution in [-0.2, 0) is 9.59 Å². The third-order valence-corrected chi connectivity index (χ3v) is 7.17. The van der Waals surface area contributed by atoms with Gasteiger partial charge in [-0.3, -0.25) is 14.7 Å². The van der Waals surface area contributed by atoms with E-state index in [2.05, 4.69) is 15.2 Å². The minimum atomic E-state index is -1.56. The zero-order valence-electron chi connectivity index (χ0n) is 18.5. The molecule has 1 aromatic carbocycles. The average molecular weight is 516 g/mol. The Bertz CT molecular complexity index is 1400. The average Bonchev–Trinajstić information content (AvgIpc) is 3.56. The Kier molecular flexibility index (Phi) is 5.56. The topological polar surface area (TPSA) is 114 Å². The first-order valence-corrected chi connectivity index (χ1v) is 11.5. The second-order valence-electron chi connectivity index (χ2n) is 8.57. The molecule has 2 amide bonds. The molecule has 1 fully saturated rings. The number of benzene rings is 1. The number of carbonyl (C=O) groups is 2. The molecule has 1 saturated carbocycles. The van der Waals surface area contributed by atoms with Crippen LogP contribution in [0.3, 0.4) is 0 Å². The first kappa shape index (κ1) is 23.3. The SMILES string of the molecule is Cc1[nH]nc2nccc(OC3(Cl)C=CC(N(C(=O)C4(C(N)=O)CC4)c4ccc(F)cc4)C=C3Cl)c12. The molecule has 2 aliphatic carbocycles. The van der Waals surface area contributed by atoms with Gasteiger partial charge in [0.05, 0.1) is 16.5 Å². The number of nitrogens with zero attached hydrogens (tertiary/aromatic N) is 3. The summed E-state index contributed by atoms with van der Waals surface area (Å²) >= 11 is 13.4. The zero-order valence-corrected chi connectivity index (χ0v) is 20.0. The minimum Gasteiger partial charge on any atom is -0.462 e. The van der Waals surface area contributed by atoms with Crippen molar-refractivity contribution in [2.45, 2.75) is 30.9 Å². The maximum Gasteiger partial charge on any atom is 0.243 e. The number of nitrogens with two attached hydrogens (primary N) is 1. The smallest absolute Gasteiger partial charge is 0.243 e. The molecular formula is C24H20Cl2FN5O3. The molecule has 0 radical (unpaired) electrons. The van der Waals surface area contributed by atoms with Gasteiger partial charge in [-0.25, -0.2) is 9.37 Å². The molecule has 0 aliphatic heterocycles. The molecule has 8 nitrogen and oxygen atoms in total. The summed E-state index contributed by atoms with van der Waals surface area (Å²) in [5, 5.41) is 6.17. The number of aromatic amines is 1. The van der Waals surface area contributed by atoms with Gasteiger partial charge < -0.3 is 15.4 Å². The lowest BCUT2D eigenvalue weighted by atomic mass is 9.99. The number of pyridine rings is 1. The van der Waals surface area contributed by atoms with Crippen LogP contribution in [0.15, 0.2) is 59.8 Å². The summed E-state index contributed by atoms with van der Waals surface area (Å²) in [5.41, 5.74) is 5.85. The molecule has 0 spiro atoms. The quantitative estimate of drug-likeness (QED) is 0.291. The highest BCUT2D eigenvalue weighted by Gasteiger charge is 2.58. The van der Waals surface area contributed by atoms with Crippen molar-refractivity contribution in [3.8, 4) is 5.75 Å². The van der Waals surface area contributed by atoms with E-state index in [1.54, 1.807) is 24.4 Å². The van der Waals surface area contributed by atoms with Crippen molar-refractivity contribution >= 4 is 51.7 Å². The van der Waals surface area contributed by atoms with Gasteiger partial charge in [-0.2, -0.15) is 5.10 Å². The Morgan fingerprint density at radius 1 is 1.26 bits per heavy atom. The number of primary amides is 1. The monoisotopic (exact) mass is 515 g/mol. The lowest BCUT2D eigenvalue weighted by Crippen LogP contribution is -2.48. The van der Waals surface area contributed by atoms with Gasteiger partial charge >= 0.3 is 0 Å². The van der Waals surface area contributed by atoms with Gasteiger partial charge in [0.2, 0.25) is 16.9 Å². The van der Waals surface area contributed by atoms with E-state index in [1.807, 2.05) is 6.92 Å². The van der Waals surface area contributed by atoms with Gasteiger partial charge in [-0.05, 0) is 62.2 Å². The number of aryl methyl sites for hydroxylation is 1. The Morgan fingerprint density at radius 3 is 2.60 bits per heavy atom. The predicted octanol–water partition coefficient (Wildman–Crippen LogP) is 4.08. The molecule has 3 N–H and O–H groups in total. The molecule has 5 rings (SSSR count). The summed E-state index contributed by atoms with van der Waals surface area (Å²) in [4.78, 5) is 31.2. The van der Waals surface area contributed by atoms with Crippen molar-refractivity contribution in [1.29, 1.82) is 0 Å². The number of ether oxygens (including phenoxy) is 1. The van der Waals surface area contributed by atoms with Crippen LogP contribution in [0.25, 0.3) is 11.0 Å². The lowest BCUT2D eigenvalue weighted by molar-refractivity contribution is -0.133. The van der Waals surface area contributed by atoms with Crippen LogP contribution in [0, 0.1) is 18.2 Å². The number of hydrogen-bond acceptors (Lipinski definition) is 5. The highest BCUT2D eigenvalue weighted by atomic mass is 35.5. The van der Waals surface area contributed by atoms with Crippen LogP contribution in [0.4, 0.5) is 10.1 Å². The molecule has 180 valence electrons.